The lowest BCUT2D eigenvalue weighted by molar-refractivity contribution is 0.0697. The summed E-state index contributed by atoms with van der Waals surface area (Å²) < 4.78 is 0. The molecule has 88 valence electrons. The molecule has 3 N–H and O–H groups in total. The second kappa shape index (κ2) is 4.53. The molecule has 0 bridgehead atoms. The first-order valence-corrected chi connectivity index (χ1v) is 5.09. The monoisotopic (exact) mass is 223 g/mol. The Balaban J connectivity index is 2.96. The average Bonchev–Trinajstić information content (AvgIpc) is 2.20. The van der Waals surface area contributed by atoms with Crippen molar-refractivity contribution in [2.45, 2.75) is 26.3 Å². The van der Waals surface area contributed by atoms with Crippen molar-refractivity contribution >= 4 is 11.7 Å². The van der Waals surface area contributed by atoms with Crippen LogP contribution in [0, 0.1) is 6.92 Å². The van der Waals surface area contributed by atoms with Crippen LogP contribution >= 0.6 is 0 Å². The molecule has 1 aromatic rings. The smallest absolute Gasteiger partial charge is 0.335 e. The summed E-state index contributed by atoms with van der Waals surface area (Å²) in [6.07, 6.45) is 0. The molecule has 0 unspecified atom stereocenters. The van der Waals surface area contributed by atoms with E-state index in [-0.39, 0.29) is 12.2 Å². The van der Waals surface area contributed by atoms with Crippen LogP contribution in [0.2, 0.25) is 0 Å². The van der Waals surface area contributed by atoms with E-state index in [0.29, 0.717) is 0 Å². The molecule has 0 aliphatic heterocycles. The second-order valence-electron chi connectivity index (χ2n) is 4.50. The third-order valence-electron chi connectivity index (χ3n) is 2.34. The van der Waals surface area contributed by atoms with E-state index in [0.717, 1.165) is 11.3 Å². The topological polar surface area (TPSA) is 69.6 Å². The third-order valence-corrected chi connectivity index (χ3v) is 2.34. The number of aliphatic hydroxyl groups excluding tert-OH is 1. The van der Waals surface area contributed by atoms with Crippen LogP contribution in [0.3, 0.4) is 0 Å². The van der Waals surface area contributed by atoms with Crippen LogP contribution in [0.15, 0.2) is 18.2 Å². The predicted molar refractivity (Wildman–Crippen MR) is 62.9 cm³/mol. The maximum Gasteiger partial charge on any atom is 0.335 e. The maximum absolute atomic E-state index is 10.7. The van der Waals surface area contributed by atoms with Gasteiger partial charge in [0.15, 0.2) is 0 Å². The molecule has 0 aromatic heterocycles. The fraction of sp³-hybridized carbons (Fsp3) is 0.417. The summed E-state index contributed by atoms with van der Waals surface area (Å²) >= 11 is 0. The Labute approximate surface area is 94.9 Å². The Morgan fingerprint density at radius 1 is 1.44 bits per heavy atom. The van der Waals surface area contributed by atoms with Crippen LogP contribution in [-0.4, -0.2) is 28.3 Å². The van der Waals surface area contributed by atoms with Crippen molar-refractivity contribution in [1.29, 1.82) is 0 Å². The van der Waals surface area contributed by atoms with Crippen molar-refractivity contribution < 1.29 is 15.0 Å². The third kappa shape index (κ3) is 2.97. The van der Waals surface area contributed by atoms with Crippen molar-refractivity contribution in [3.8, 4) is 0 Å². The van der Waals surface area contributed by atoms with Gasteiger partial charge in [-0.2, -0.15) is 0 Å². The predicted octanol–water partition coefficient (Wildman–Crippen LogP) is 1.88. The minimum Gasteiger partial charge on any atom is -0.478 e. The number of aromatic carboxylic acids is 1. The van der Waals surface area contributed by atoms with Gasteiger partial charge in [-0.25, -0.2) is 4.79 Å². The van der Waals surface area contributed by atoms with Crippen LogP contribution in [0.1, 0.15) is 29.8 Å². The van der Waals surface area contributed by atoms with Gasteiger partial charge < -0.3 is 15.5 Å². The summed E-state index contributed by atoms with van der Waals surface area (Å²) in [4.78, 5) is 10.7. The first-order chi connectivity index (χ1) is 7.35. The van der Waals surface area contributed by atoms with Crippen molar-refractivity contribution in [2.75, 3.05) is 11.9 Å². The summed E-state index contributed by atoms with van der Waals surface area (Å²) in [5.74, 6) is -0.934. The Morgan fingerprint density at radius 3 is 2.50 bits per heavy atom. The molecule has 16 heavy (non-hydrogen) atoms. The number of aliphatic hydroxyl groups is 1. The van der Waals surface area contributed by atoms with E-state index in [4.69, 9.17) is 10.2 Å². The Kier molecular flexibility index (Phi) is 3.55. The van der Waals surface area contributed by atoms with Crippen molar-refractivity contribution in [3.63, 3.8) is 0 Å². The molecular weight excluding hydrogens is 206 g/mol. The number of carbonyl (C=O) groups is 1. The highest BCUT2D eigenvalue weighted by atomic mass is 16.4. The standard InChI is InChI=1S/C12H17NO3/c1-8-6-9(11(15)16)4-5-10(8)13-12(2,3)7-14/h4-6,13-14H,7H2,1-3H3,(H,15,16). The minimum atomic E-state index is -0.934. The van der Waals surface area contributed by atoms with Gasteiger partial charge in [0, 0.05) is 5.69 Å². The highest BCUT2D eigenvalue weighted by molar-refractivity contribution is 5.88. The van der Waals surface area contributed by atoms with Crippen molar-refractivity contribution in [3.05, 3.63) is 29.3 Å². The van der Waals surface area contributed by atoms with Gasteiger partial charge in [0.1, 0.15) is 0 Å². The lowest BCUT2D eigenvalue weighted by Crippen LogP contribution is -2.35. The molecule has 0 aliphatic rings. The highest BCUT2D eigenvalue weighted by Gasteiger charge is 2.17. The molecule has 0 amide bonds. The quantitative estimate of drug-likeness (QED) is 0.729. The van der Waals surface area contributed by atoms with E-state index < -0.39 is 11.5 Å². The van der Waals surface area contributed by atoms with Crippen LogP contribution < -0.4 is 5.32 Å². The number of carboxylic acids is 1. The zero-order chi connectivity index (χ0) is 12.3. The van der Waals surface area contributed by atoms with E-state index in [9.17, 15) is 4.79 Å². The number of anilines is 1. The largest absolute Gasteiger partial charge is 0.478 e. The molecule has 0 heterocycles. The first kappa shape index (κ1) is 12.5. The number of hydrogen-bond acceptors (Lipinski definition) is 3. The van der Waals surface area contributed by atoms with Crippen LogP contribution in [0.4, 0.5) is 5.69 Å². The Hall–Kier alpha value is -1.55. The lowest BCUT2D eigenvalue weighted by atomic mass is 10.0. The van der Waals surface area contributed by atoms with Gasteiger partial charge >= 0.3 is 5.97 Å². The zero-order valence-corrected chi connectivity index (χ0v) is 9.74. The van der Waals surface area contributed by atoms with Crippen LogP contribution in [0.25, 0.3) is 0 Å². The molecule has 0 aliphatic carbocycles. The summed E-state index contributed by atoms with van der Waals surface area (Å²) in [5.41, 5.74) is 1.53. The number of nitrogens with one attached hydrogen (secondary N) is 1. The molecule has 0 saturated heterocycles. The van der Waals surface area contributed by atoms with E-state index in [2.05, 4.69) is 5.32 Å². The fourth-order valence-corrected chi connectivity index (χ4v) is 1.34. The van der Waals surface area contributed by atoms with Gasteiger partial charge in [-0.1, -0.05) is 0 Å². The zero-order valence-electron chi connectivity index (χ0n) is 9.74. The van der Waals surface area contributed by atoms with E-state index in [1.165, 1.54) is 0 Å². The van der Waals surface area contributed by atoms with Gasteiger partial charge in [-0.05, 0) is 44.5 Å². The molecule has 0 fully saturated rings. The number of carboxylic acid groups (broad SMARTS) is 1. The SMILES string of the molecule is Cc1cc(C(=O)O)ccc1NC(C)(C)CO. The van der Waals surface area contributed by atoms with Gasteiger partial charge in [-0.3, -0.25) is 0 Å². The molecule has 0 radical (unpaired) electrons. The normalized spacial score (nSPS) is 11.2. The second-order valence-corrected chi connectivity index (χ2v) is 4.50. The van der Waals surface area contributed by atoms with Crippen LogP contribution in [-0.2, 0) is 0 Å². The van der Waals surface area contributed by atoms with E-state index in [1.807, 2.05) is 20.8 Å². The Bertz CT molecular complexity index is 399. The van der Waals surface area contributed by atoms with Crippen LogP contribution in [0.5, 0.6) is 0 Å². The van der Waals surface area contributed by atoms with Gasteiger partial charge in [0.05, 0.1) is 17.7 Å². The van der Waals surface area contributed by atoms with Crippen molar-refractivity contribution in [2.24, 2.45) is 0 Å². The highest BCUT2D eigenvalue weighted by Crippen LogP contribution is 2.20. The molecule has 4 heteroatoms. The van der Waals surface area contributed by atoms with Gasteiger partial charge in [0.25, 0.3) is 0 Å². The molecule has 4 nitrogen and oxygen atoms in total. The first-order valence-electron chi connectivity index (χ1n) is 5.09. The molecule has 0 saturated carbocycles. The number of aryl methyl sites for hydroxylation is 1. The van der Waals surface area contributed by atoms with Gasteiger partial charge in [-0.15, -0.1) is 0 Å². The number of hydrogen-bond donors (Lipinski definition) is 3. The molecular formula is C12H17NO3. The number of benzene rings is 1. The fourth-order valence-electron chi connectivity index (χ4n) is 1.34. The van der Waals surface area contributed by atoms with Gasteiger partial charge in [0.2, 0.25) is 0 Å². The number of rotatable bonds is 4. The minimum absolute atomic E-state index is 0.00707. The summed E-state index contributed by atoms with van der Waals surface area (Å²) in [7, 11) is 0. The maximum atomic E-state index is 10.7. The summed E-state index contributed by atoms with van der Waals surface area (Å²) in [6.45, 7) is 5.59. The van der Waals surface area contributed by atoms with E-state index >= 15 is 0 Å². The average molecular weight is 223 g/mol. The molecule has 0 spiro atoms. The molecule has 1 aromatic carbocycles. The molecule has 0 atom stereocenters. The summed E-state index contributed by atoms with van der Waals surface area (Å²) in [5, 5.41) is 21.1. The lowest BCUT2D eigenvalue weighted by Gasteiger charge is -2.26. The Morgan fingerprint density at radius 2 is 2.06 bits per heavy atom. The van der Waals surface area contributed by atoms with Crippen molar-refractivity contribution in [1.82, 2.24) is 0 Å². The summed E-state index contributed by atoms with van der Waals surface area (Å²) in [6, 6.07) is 4.87. The molecule has 1 rings (SSSR count). The van der Waals surface area contributed by atoms with E-state index in [1.54, 1.807) is 18.2 Å².